The van der Waals surface area contributed by atoms with Gasteiger partial charge in [-0.05, 0) is 55.6 Å². The van der Waals surface area contributed by atoms with Crippen molar-refractivity contribution in [3.8, 4) is 0 Å². The van der Waals surface area contributed by atoms with Gasteiger partial charge in [-0.15, -0.1) is 0 Å². The number of rotatable bonds is 0. The molecule has 0 radical (unpaired) electrons. The van der Waals surface area contributed by atoms with E-state index in [1.807, 2.05) is 0 Å². The summed E-state index contributed by atoms with van der Waals surface area (Å²) < 4.78 is 0. The normalized spacial score (nSPS) is 23.1. The van der Waals surface area contributed by atoms with Gasteiger partial charge >= 0.3 is 0 Å². The minimum Gasteiger partial charge on any atom is -0.0590 e. The number of aryl methyl sites for hydroxylation is 2. The molecule has 0 bridgehead atoms. The lowest BCUT2D eigenvalue weighted by atomic mass is 9.64. The molecule has 0 N–H and O–H groups in total. The van der Waals surface area contributed by atoms with E-state index in [1.165, 1.54) is 56.9 Å². The first-order valence-electron chi connectivity index (χ1n) is 6.86. The average Bonchev–Trinajstić information content (AvgIpc) is 2.31. The average molecular weight is 214 g/mol. The number of benzene rings is 1. The lowest BCUT2D eigenvalue weighted by Gasteiger charge is -2.41. The van der Waals surface area contributed by atoms with E-state index in [0.29, 0.717) is 5.41 Å². The first kappa shape index (κ1) is 10.4. The summed E-state index contributed by atoms with van der Waals surface area (Å²) in [7, 11) is 0. The molecule has 0 saturated heterocycles. The van der Waals surface area contributed by atoms with E-state index < -0.39 is 0 Å². The standard InChI is InChI=1S/C16H22/c1-13-5-6-15-12-16(8-3-2-4-9-16)10-7-14(15)11-13/h5-6,11H,2-4,7-10,12H2,1H3. The predicted octanol–water partition coefficient (Wildman–Crippen LogP) is 4.43. The molecule has 0 nitrogen and oxygen atoms in total. The molecule has 0 atom stereocenters. The first-order chi connectivity index (χ1) is 7.77. The molecule has 16 heavy (non-hydrogen) atoms. The molecule has 2 aliphatic rings. The molecule has 1 aromatic carbocycles. The molecule has 1 fully saturated rings. The summed E-state index contributed by atoms with van der Waals surface area (Å²) in [6, 6.07) is 7.09. The van der Waals surface area contributed by atoms with Crippen LogP contribution in [0.5, 0.6) is 0 Å². The fourth-order valence-electron chi connectivity index (χ4n) is 3.78. The zero-order valence-corrected chi connectivity index (χ0v) is 10.4. The third-order valence-electron chi connectivity index (χ3n) is 4.77. The Morgan fingerprint density at radius 3 is 2.56 bits per heavy atom. The van der Waals surface area contributed by atoms with E-state index in [1.54, 1.807) is 11.1 Å². The van der Waals surface area contributed by atoms with Gasteiger partial charge in [0.15, 0.2) is 0 Å². The van der Waals surface area contributed by atoms with Crippen LogP contribution in [0.1, 0.15) is 55.2 Å². The van der Waals surface area contributed by atoms with Gasteiger partial charge in [0.25, 0.3) is 0 Å². The quantitative estimate of drug-likeness (QED) is 0.599. The molecular weight excluding hydrogens is 192 g/mol. The predicted molar refractivity (Wildman–Crippen MR) is 68.7 cm³/mol. The van der Waals surface area contributed by atoms with Crippen molar-refractivity contribution in [1.29, 1.82) is 0 Å². The van der Waals surface area contributed by atoms with Crippen molar-refractivity contribution in [1.82, 2.24) is 0 Å². The highest BCUT2D eigenvalue weighted by Gasteiger charge is 2.35. The summed E-state index contributed by atoms with van der Waals surface area (Å²) in [5.74, 6) is 0. The molecule has 0 amide bonds. The lowest BCUT2D eigenvalue weighted by molar-refractivity contribution is 0.162. The molecule has 1 aromatic rings. The molecule has 3 rings (SSSR count). The van der Waals surface area contributed by atoms with Crippen LogP contribution in [0, 0.1) is 12.3 Å². The van der Waals surface area contributed by atoms with Crippen LogP contribution >= 0.6 is 0 Å². The summed E-state index contributed by atoms with van der Waals surface area (Å²) in [5.41, 5.74) is 5.41. The molecule has 2 aliphatic carbocycles. The van der Waals surface area contributed by atoms with E-state index in [-0.39, 0.29) is 0 Å². The van der Waals surface area contributed by atoms with Crippen LogP contribution in [0.2, 0.25) is 0 Å². The summed E-state index contributed by atoms with van der Waals surface area (Å²) in [6.07, 6.45) is 11.5. The van der Waals surface area contributed by atoms with Crippen molar-refractivity contribution < 1.29 is 0 Å². The minimum atomic E-state index is 0.695. The molecular formula is C16H22. The van der Waals surface area contributed by atoms with Crippen LogP contribution < -0.4 is 0 Å². The fraction of sp³-hybridized carbons (Fsp3) is 0.625. The Morgan fingerprint density at radius 1 is 0.938 bits per heavy atom. The van der Waals surface area contributed by atoms with Gasteiger partial charge in [-0.25, -0.2) is 0 Å². The fourth-order valence-corrected chi connectivity index (χ4v) is 3.78. The van der Waals surface area contributed by atoms with Crippen LogP contribution in [-0.2, 0) is 12.8 Å². The van der Waals surface area contributed by atoms with Gasteiger partial charge in [-0.2, -0.15) is 0 Å². The van der Waals surface area contributed by atoms with Gasteiger partial charge in [0.05, 0.1) is 0 Å². The third-order valence-corrected chi connectivity index (χ3v) is 4.77. The van der Waals surface area contributed by atoms with Crippen LogP contribution in [-0.4, -0.2) is 0 Å². The number of hydrogen-bond acceptors (Lipinski definition) is 0. The molecule has 0 heteroatoms. The Morgan fingerprint density at radius 2 is 1.75 bits per heavy atom. The van der Waals surface area contributed by atoms with Gasteiger partial charge in [0.1, 0.15) is 0 Å². The Labute approximate surface area is 99.1 Å². The molecule has 0 unspecified atom stereocenters. The van der Waals surface area contributed by atoms with E-state index >= 15 is 0 Å². The van der Waals surface area contributed by atoms with Crippen molar-refractivity contribution in [3.05, 3.63) is 34.9 Å². The van der Waals surface area contributed by atoms with Crippen molar-refractivity contribution in [2.45, 2.75) is 58.3 Å². The highest BCUT2D eigenvalue weighted by Crippen LogP contribution is 2.46. The summed E-state index contributed by atoms with van der Waals surface area (Å²) >= 11 is 0. The first-order valence-corrected chi connectivity index (χ1v) is 6.86. The maximum atomic E-state index is 2.41. The largest absolute Gasteiger partial charge is 0.0590 e. The van der Waals surface area contributed by atoms with Crippen LogP contribution in [0.3, 0.4) is 0 Å². The maximum Gasteiger partial charge on any atom is -0.0219 e. The Hall–Kier alpha value is -0.780. The Bertz CT molecular complexity index is 383. The molecule has 0 heterocycles. The van der Waals surface area contributed by atoms with Crippen molar-refractivity contribution in [3.63, 3.8) is 0 Å². The SMILES string of the molecule is Cc1ccc2c(c1)CCC1(CCCCC1)C2. The van der Waals surface area contributed by atoms with E-state index in [0.717, 1.165) is 0 Å². The number of hydrogen-bond donors (Lipinski definition) is 0. The smallest absolute Gasteiger partial charge is 0.0219 e. The monoisotopic (exact) mass is 214 g/mol. The topological polar surface area (TPSA) is 0 Å². The van der Waals surface area contributed by atoms with E-state index in [9.17, 15) is 0 Å². The summed E-state index contributed by atoms with van der Waals surface area (Å²) in [6.45, 7) is 2.21. The zero-order valence-electron chi connectivity index (χ0n) is 10.4. The molecule has 86 valence electrons. The van der Waals surface area contributed by atoms with Gasteiger partial charge < -0.3 is 0 Å². The Kier molecular flexibility index (Phi) is 2.53. The van der Waals surface area contributed by atoms with Gasteiger partial charge in [-0.1, -0.05) is 43.0 Å². The van der Waals surface area contributed by atoms with Crippen molar-refractivity contribution >= 4 is 0 Å². The van der Waals surface area contributed by atoms with Crippen molar-refractivity contribution in [2.24, 2.45) is 5.41 Å². The molecule has 1 saturated carbocycles. The highest BCUT2D eigenvalue weighted by molar-refractivity contribution is 5.34. The van der Waals surface area contributed by atoms with Crippen LogP contribution in [0.4, 0.5) is 0 Å². The van der Waals surface area contributed by atoms with Crippen LogP contribution in [0.15, 0.2) is 18.2 Å². The maximum absolute atomic E-state index is 2.41. The van der Waals surface area contributed by atoms with Gasteiger partial charge in [0.2, 0.25) is 0 Å². The molecule has 0 aliphatic heterocycles. The zero-order chi connectivity index (χ0) is 11.0. The second kappa shape index (κ2) is 3.91. The van der Waals surface area contributed by atoms with Crippen molar-refractivity contribution in [2.75, 3.05) is 0 Å². The third kappa shape index (κ3) is 1.79. The lowest BCUT2D eigenvalue weighted by Crippen LogP contribution is -2.31. The highest BCUT2D eigenvalue weighted by atomic mass is 14.4. The van der Waals surface area contributed by atoms with Crippen LogP contribution in [0.25, 0.3) is 0 Å². The van der Waals surface area contributed by atoms with E-state index in [2.05, 4.69) is 25.1 Å². The summed E-state index contributed by atoms with van der Waals surface area (Å²) in [5, 5.41) is 0. The second-order valence-electron chi connectivity index (χ2n) is 6.01. The molecule has 0 aromatic heterocycles. The summed E-state index contributed by atoms with van der Waals surface area (Å²) in [4.78, 5) is 0. The van der Waals surface area contributed by atoms with Gasteiger partial charge in [-0.3, -0.25) is 0 Å². The number of fused-ring (bicyclic) bond motifs is 1. The minimum absolute atomic E-state index is 0.695. The molecule has 1 spiro atoms. The van der Waals surface area contributed by atoms with E-state index in [4.69, 9.17) is 0 Å². The van der Waals surface area contributed by atoms with Gasteiger partial charge in [0, 0.05) is 0 Å². The Balaban J connectivity index is 1.88. The second-order valence-corrected chi connectivity index (χ2v) is 6.01.